The van der Waals surface area contributed by atoms with Crippen LogP contribution in [0.4, 0.5) is 11.4 Å². The van der Waals surface area contributed by atoms with E-state index in [1.54, 1.807) is 0 Å². The van der Waals surface area contributed by atoms with Gasteiger partial charge < -0.3 is 9.80 Å². The van der Waals surface area contributed by atoms with E-state index in [1.807, 2.05) is 24.8 Å². The third kappa shape index (κ3) is 3.92. The number of anilines is 2. The minimum absolute atomic E-state index is 0.108. The van der Waals surface area contributed by atoms with Gasteiger partial charge in [0.15, 0.2) is 0 Å². The van der Waals surface area contributed by atoms with E-state index in [0.29, 0.717) is 12.5 Å². The highest BCUT2D eigenvalue weighted by molar-refractivity contribution is 6.10. The summed E-state index contributed by atoms with van der Waals surface area (Å²) in [6, 6.07) is 14.6. The smallest absolute Gasteiger partial charge is 0.259 e. The summed E-state index contributed by atoms with van der Waals surface area (Å²) in [5, 5.41) is 0. The first-order valence-electron chi connectivity index (χ1n) is 9.84. The summed E-state index contributed by atoms with van der Waals surface area (Å²) in [4.78, 5) is 17.0. The number of nitrogens with zero attached hydrogens (tertiary/aromatic N) is 2. The van der Waals surface area contributed by atoms with Crippen molar-refractivity contribution in [3.8, 4) is 0 Å². The van der Waals surface area contributed by atoms with E-state index in [9.17, 15) is 4.79 Å². The largest absolute Gasteiger partial charge is 0.372 e. The molecule has 1 aliphatic heterocycles. The first-order chi connectivity index (χ1) is 12.5. The Morgan fingerprint density at radius 3 is 2.15 bits per heavy atom. The molecule has 0 aromatic heterocycles. The molecule has 3 nitrogen and oxygen atoms in total. The number of carbonyl (C=O) groups is 1. The van der Waals surface area contributed by atoms with Crippen LogP contribution >= 0.6 is 0 Å². The summed E-state index contributed by atoms with van der Waals surface area (Å²) in [5.41, 5.74) is 5.36. The molecule has 0 radical (unpaired) electrons. The molecule has 0 aliphatic carbocycles. The lowest BCUT2D eigenvalue weighted by Crippen LogP contribution is -2.23. The van der Waals surface area contributed by atoms with Gasteiger partial charge in [-0.25, -0.2) is 0 Å². The second kappa shape index (κ2) is 8.88. The highest BCUT2D eigenvalue weighted by atomic mass is 16.2. The van der Waals surface area contributed by atoms with E-state index >= 15 is 0 Å². The number of carbonyl (C=O) groups excluding carboxylic acids is 1. The summed E-state index contributed by atoms with van der Waals surface area (Å²) in [7, 11) is 0. The van der Waals surface area contributed by atoms with E-state index in [4.69, 9.17) is 0 Å². The van der Waals surface area contributed by atoms with Crippen molar-refractivity contribution in [1.82, 2.24) is 0 Å². The second-order valence-electron chi connectivity index (χ2n) is 6.65. The molecule has 2 aromatic carbocycles. The molecule has 1 amide bonds. The summed E-state index contributed by atoms with van der Waals surface area (Å²) >= 11 is 0. The molecule has 0 unspecified atom stereocenters. The molecule has 140 valence electrons. The van der Waals surface area contributed by atoms with Crippen LogP contribution in [0.25, 0.3) is 0 Å². The predicted octanol–water partition coefficient (Wildman–Crippen LogP) is 5.84. The van der Waals surface area contributed by atoms with Crippen LogP contribution in [0.15, 0.2) is 42.5 Å². The van der Waals surface area contributed by atoms with Gasteiger partial charge in [0.05, 0.1) is 6.54 Å². The number of fused-ring (bicyclic) bond motifs is 1. The minimum Gasteiger partial charge on any atom is -0.372 e. The fraction of sp³-hybridized carbons (Fsp3) is 0.435. The molecule has 0 spiro atoms. The molecule has 0 atom stereocenters. The van der Waals surface area contributed by atoms with Crippen molar-refractivity contribution in [2.75, 3.05) is 22.9 Å². The molecule has 3 heteroatoms. The van der Waals surface area contributed by atoms with E-state index in [1.165, 1.54) is 5.56 Å². The van der Waals surface area contributed by atoms with Crippen molar-refractivity contribution >= 4 is 17.3 Å². The maximum Gasteiger partial charge on any atom is 0.259 e. The summed E-state index contributed by atoms with van der Waals surface area (Å²) < 4.78 is 0. The Balaban J connectivity index is 0.00000117. The average Bonchev–Trinajstić information content (AvgIpc) is 3.01. The van der Waals surface area contributed by atoms with Gasteiger partial charge in [-0.2, -0.15) is 0 Å². The molecule has 1 aliphatic rings. The highest BCUT2D eigenvalue weighted by Crippen LogP contribution is 2.31. The molecule has 0 fully saturated rings. The van der Waals surface area contributed by atoms with Gasteiger partial charge in [-0.05, 0) is 55.2 Å². The van der Waals surface area contributed by atoms with Crippen LogP contribution in [-0.4, -0.2) is 19.0 Å². The lowest BCUT2D eigenvalue weighted by molar-refractivity contribution is 0.0996. The van der Waals surface area contributed by atoms with Crippen LogP contribution in [0.5, 0.6) is 0 Å². The summed E-state index contributed by atoms with van der Waals surface area (Å²) in [6.45, 7) is 15.2. The molecule has 2 aromatic rings. The number of hydrogen-bond acceptors (Lipinski definition) is 2. The van der Waals surface area contributed by atoms with Crippen molar-refractivity contribution in [3.05, 3.63) is 59.2 Å². The van der Waals surface area contributed by atoms with Crippen LogP contribution in [0.1, 0.15) is 68.9 Å². The maximum absolute atomic E-state index is 12.9. The standard InChI is InChI=1S/C21H26N2O.C2H6/c1-5-22(6-2)19-12-9-17-14-23(21(24)20(17)13-19)18-10-7-16(8-11-18)15(3)4;1-2/h7-13,15H,5-6,14H2,1-4H3;1-2H3. The van der Waals surface area contributed by atoms with Gasteiger partial charge in [0.1, 0.15) is 0 Å². The number of amides is 1. The molecule has 0 saturated carbocycles. The van der Waals surface area contributed by atoms with Crippen LogP contribution in [0, 0.1) is 0 Å². The number of rotatable bonds is 5. The van der Waals surface area contributed by atoms with Crippen LogP contribution < -0.4 is 9.80 Å². The molecule has 3 rings (SSSR count). The van der Waals surface area contributed by atoms with E-state index in [-0.39, 0.29) is 5.91 Å². The second-order valence-corrected chi connectivity index (χ2v) is 6.65. The molecule has 1 heterocycles. The van der Waals surface area contributed by atoms with Gasteiger partial charge in [0.2, 0.25) is 0 Å². The van der Waals surface area contributed by atoms with Gasteiger partial charge in [-0.15, -0.1) is 0 Å². The molecule has 0 saturated heterocycles. The number of benzene rings is 2. The third-order valence-electron chi connectivity index (χ3n) is 4.90. The van der Waals surface area contributed by atoms with E-state index in [0.717, 1.165) is 35.6 Å². The summed E-state index contributed by atoms with van der Waals surface area (Å²) in [6.07, 6.45) is 0. The SMILES string of the molecule is CC.CCN(CC)c1ccc2c(c1)C(=O)N(c1ccc(C(C)C)cc1)C2. The van der Waals surface area contributed by atoms with Crippen LogP contribution in [0.3, 0.4) is 0 Å². The Bertz CT molecular complexity index is 730. The average molecular weight is 353 g/mol. The van der Waals surface area contributed by atoms with E-state index in [2.05, 4.69) is 69.0 Å². The zero-order valence-electron chi connectivity index (χ0n) is 17.0. The normalized spacial score (nSPS) is 12.7. The van der Waals surface area contributed by atoms with Gasteiger partial charge in [0.25, 0.3) is 5.91 Å². The molecule has 26 heavy (non-hydrogen) atoms. The first-order valence-corrected chi connectivity index (χ1v) is 9.84. The fourth-order valence-electron chi connectivity index (χ4n) is 3.32. The Hall–Kier alpha value is -2.29. The topological polar surface area (TPSA) is 23.6 Å². The first kappa shape index (κ1) is 20.0. The Morgan fingerprint density at radius 1 is 1.00 bits per heavy atom. The van der Waals surface area contributed by atoms with Crippen molar-refractivity contribution < 1.29 is 4.79 Å². The highest BCUT2D eigenvalue weighted by Gasteiger charge is 2.29. The quantitative estimate of drug-likeness (QED) is 0.674. The summed E-state index contributed by atoms with van der Waals surface area (Å²) in [5.74, 6) is 0.610. The van der Waals surface area contributed by atoms with Crippen molar-refractivity contribution in [2.45, 2.75) is 54.0 Å². The Kier molecular flexibility index (Phi) is 6.84. The van der Waals surface area contributed by atoms with Gasteiger partial charge in [0, 0.05) is 30.0 Å². The lowest BCUT2D eigenvalue weighted by Gasteiger charge is -2.21. The van der Waals surface area contributed by atoms with Gasteiger partial charge in [-0.1, -0.05) is 45.9 Å². The van der Waals surface area contributed by atoms with Crippen molar-refractivity contribution in [3.63, 3.8) is 0 Å². The van der Waals surface area contributed by atoms with Crippen LogP contribution in [0.2, 0.25) is 0 Å². The zero-order valence-corrected chi connectivity index (χ0v) is 17.0. The Labute approximate surface area is 158 Å². The lowest BCUT2D eigenvalue weighted by atomic mass is 10.0. The van der Waals surface area contributed by atoms with E-state index < -0.39 is 0 Å². The molecular formula is C23H32N2O. The van der Waals surface area contributed by atoms with Crippen molar-refractivity contribution in [1.29, 1.82) is 0 Å². The maximum atomic E-state index is 12.9. The van der Waals surface area contributed by atoms with Gasteiger partial charge in [-0.3, -0.25) is 4.79 Å². The zero-order chi connectivity index (χ0) is 19.3. The molecular weight excluding hydrogens is 320 g/mol. The van der Waals surface area contributed by atoms with Gasteiger partial charge >= 0.3 is 0 Å². The Morgan fingerprint density at radius 2 is 1.62 bits per heavy atom. The fourth-order valence-corrected chi connectivity index (χ4v) is 3.32. The van der Waals surface area contributed by atoms with Crippen LogP contribution in [-0.2, 0) is 6.54 Å². The third-order valence-corrected chi connectivity index (χ3v) is 4.90. The van der Waals surface area contributed by atoms with Crippen molar-refractivity contribution in [2.24, 2.45) is 0 Å². The molecule has 0 bridgehead atoms. The number of hydrogen-bond donors (Lipinski definition) is 0. The predicted molar refractivity (Wildman–Crippen MR) is 112 cm³/mol. The minimum atomic E-state index is 0.108. The molecule has 0 N–H and O–H groups in total. The monoisotopic (exact) mass is 352 g/mol.